The Kier molecular flexibility index (Phi) is 6.49. The Balaban J connectivity index is 2.74. The first-order valence-corrected chi connectivity index (χ1v) is 7.19. The third kappa shape index (κ3) is 5.11. The van der Waals surface area contributed by atoms with Crippen LogP contribution in [0.25, 0.3) is 0 Å². The molecule has 22 heavy (non-hydrogen) atoms. The lowest BCUT2D eigenvalue weighted by Crippen LogP contribution is -2.44. The van der Waals surface area contributed by atoms with Gasteiger partial charge in [-0.1, -0.05) is 12.1 Å². The van der Waals surface area contributed by atoms with E-state index in [1.165, 1.54) is 12.1 Å². The number of likely N-dealkylation sites (N-methyl/N-ethyl adjacent to an activating group) is 1. The average Bonchev–Trinajstić information content (AvgIpc) is 2.45. The van der Waals surface area contributed by atoms with Gasteiger partial charge in [0.05, 0.1) is 19.1 Å². The summed E-state index contributed by atoms with van der Waals surface area (Å²) in [5.74, 6) is -1.46. The van der Waals surface area contributed by atoms with Crippen molar-refractivity contribution in [1.29, 1.82) is 0 Å². The van der Waals surface area contributed by atoms with Crippen molar-refractivity contribution in [1.82, 2.24) is 9.80 Å². The van der Waals surface area contributed by atoms with E-state index in [0.717, 1.165) is 5.56 Å². The van der Waals surface area contributed by atoms with Gasteiger partial charge in [0.25, 0.3) is 0 Å². The Bertz CT molecular complexity index is 517. The van der Waals surface area contributed by atoms with Crippen LogP contribution >= 0.6 is 0 Å². The molecule has 0 spiro atoms. The molecular formula is C16H23FN2O3. The van der Waals surface area contributed by atoms with Crippen molar-refractivity contribution in [3.63, 3.8) is 0 Å². The molecule has 1 N–H and O–H groups in total. The number of carboxylic acid groups (broad SMARTS) is 1. The topological polar surface area (TPSA) is 60.9 Å². The van der Waals surface area contributed by atoms with Crippen LogP contribution in [0.4, 0.5) is 4.39 Å². The lowest BCUT2D eigenvalue weighted by Gasteiger charge is -2.30. The second-order valence-electron chi connectivity index (χ2n) is 5.62. The van der Waals surface area contributed by atoms with Gasteiger partial charge in [-0.3, -0.25) is 14.5 Å². The summed E-state index contributed by atoms with van der Waals surface area (Å²) >= 11 is 0. The van der Waals surface area contributed by atoms with Gasteiger partial charge < -0.3 is 10.0 Å². The molecule has 0 aliphatic carbocycles. The minimum Gasteiger partial charge on any atom is -0.480 e. The first-order valence-electron chi connectivity index (χ1n) is 7.19. The normalized spacial score (nSPS) is 12.5. The van der Waals surface area contributed by atoms with E-state index in [1.54, 1.807) is 29.0 Å². The minimum atomic E-state index is -0.962. The number of nitrogens with zero attached hydrogens (tertiary/aromatic N) is 2. The molecule has 1 rings (SSSR count). The van der Waals surface area contributed by atoms with Crippen molar-refractivity contribution in [2.75, 3.05) is 20.1 Å². The van der Waals surface area contributed by atoms with E-state index in [-0.39, 0.29) is 36.9 Å². The number of hydrogen-bond acceptors (Lipinski definition) is 3. The zero-order valence-electron chi connectivity index (χ0n) is 13.4. The molecule has 1 unspecified atom stereocenters. The summed E-state index contributed by atoms with van der Waals surface area (Å²) in [5, 5.41) is 8.90. The van der Waals surface area contributed by atoms with Gasteiger partial charge >= 0.3 is 5.97 Å². The number of carboxylic acids is 1. The largest absolute Gasteiger partial charge is 0.480 e. The van der Waals surface area contributed by atoms with Crippen molar-refractivity contribution in [3.8, 4) is 0 Å². The van der Waals surface area contributed by atoms with Crippen LogP contribution < -0.4 is 0 Å². The highest BCUT2D eigenvalue weighted by Crippen LogP contribution is 2.19. The number of halogens is 1. The second kappa shape index (κ2) is 7.89. The molecule has 1 aromatic carbocycles. The molecule has 1 aromatic rings. The summed E-state index contributed by atoms with van der Waals surface area (Å²) in [6.45, 7) is 5.40. The number of amides is 1. The molecule has 1 atom stereocenters. The fraction of sp³-hybridized carbons (Fsp3) is 0.500. The summed E-state index contributed by atoms with van der Waals surface area (Å²) < 4.78 is 12.9. The van der Waals surface area contributed by atoms with E-state index in [0.29, 0.717) is 0 Å². The molecule has 0 bridgehead atoms. The molecule has 122 valence electrons. The zero-order valence-corrected chi connectivity index (χ0v) is 13.4. The van der Waals surface area contributed by atoms with Crippen LogP contribution in [0.2, 0.25) is 0 Å². The van der Waals surface area contributed by atoms with Gasteiger partial charge in [0.1, 0.15) is 5.82 Å². The molecule has 0 aromatic heterocycles. The molecule has 0 heterocycles. The lowest BCUT2D eigenvalue weighted by atomic mass is 10.1. The van der Waals surface area contributed by atoms with E-state index < -0.39 is 5.97 Å². The van der Waals surface area contributed by atoms with Crippen molar-refractivity contribution < 1.29 is 19.1 Å². The van der Waals surface area contributed by atoms with Gasteiger partial charge in [-0.2, -0.15) is 0 Å². The highest BCUT2D eigenvalue weighted by molar-refractivity contribution is 5.79. The average molecular weight is 310 g/mol. The highest BCUT2D eigenvalue weighted by Gasteiger charge is 2.22. The molecule has 5 nitrogen and oxygen atoms in total. The van der Waals surface area contributed by atoms with Crippen LogP contribution in [0.1, 0.15) is 32.4 Å². The second-order valence-corrected chi connectivity index (χ2v) is 5.62. The van der Waals surface area contributed by atoms with Gasteiger partial charge in [-0.25, -0.2) is 4.39 Å². The molecule has 0 aliphatic heterocycles. The van der Waals surface area contributed by atoms with E-state index in [2.05, 4.69) is 0 Å². The van der Waals surface area contributed by atoms with Crippen molar-refractivity contribution in [2.45, 2.75) is 32.9 Å². The number of carbonyl (C=O) groups is 2. The fourth-order valence-electron chi connectivity index (χ4n) is 2.06. The molecule has 0 radical (unpaired) electrons. The lowest BCUT2D eigenvalue weighted by molar-refractivity contribution is -0.140. The summed E-state index contributed by atoms with van der Waals surface area (Å²) in [4.78, 5) is 26.3. The van der Waals surface area contributed by atoms with Crippen LogP contribution in [-0.4, -0.2) is 53.0 Å². The van der Waals surface area contributed by atoms with E-state index in [1.807, 2.05) is 20.8 Å². The summed E-state index contributed by atoms with van der Waals surface area (Å²) in [6, 6.07) is 5.73. The maximum absolute atomic E-state index is 12.9. The minimum absolute atomic E-state index is 0.0337. The smallest absolute Gasteiger partial charge is 0.317 e. The Morgan fingerprint density at radius 2 is 1.68 bits per heavy atom. The summed E-state index contributed by atoms with van der Waals surface area (Å²) in [6.07, 6.45) is 0. The van der Waals surface area contributed by atoms with Crippen LogP contribution in [0.3, 0.4) is 0 Å². The zero-order chi connectivity index (χ0) is 16.9. The molecule has 0 aliphatic rings. The fourth-order valence-corrected chi connectivity index (χ4v) is 2.06. The van der Waals surface area contributed by atoms with Gasteiger partial charge in [0.15, 0.2) is 0 Å². The SMILES string of the molecule is CC(C)N(CC(=O)O)CC(=O)N(C)C(C)c1ccc(F)cc1. The maximum Gasteiger partial charge on any atom is 0.317 e. The first-order chi connectivity index (χ1) is 10.2. The molecule has 0 saturated carbocycles. The quantitative estimate of drug-likeness (QED) is 0.838. The number of rotatable bonds is 7. The Morgan fingerprint density at radius 1 is 1.14 bits per heavy atom. The van der Waals surface area contributed by atoms with Crippen LogP contribution in [0.15, 0.2) is 24.3 Å². The standard InChI is InChI=1S/C16H23FN2O3/c1-11(2)19(10-16(21)22)9-15(20)18(4)12(3)13-5-7-14(17)8-6-13/h5-8,11-12H,9-10H2,1-4H3,(H,21,22). The molecular weight excluding hydrogens is 287 g/mol. The van der Waals surface area contributed by atoms with Crippen molar-refractivity contribution in [3.05, 3.63) is 35.6 Å². The molecule has 1 amide bonds. The van der Waals surface area contributed by atoms with Crippen LogP contribution in [-0.2, 0) is 9.59 Å². The summed E-state index contributed by atoms with van der Waals surface area (Å²) in [7, 11) is 1.66. The first kappa shape index (κ1) is 18.1. The third-order valence-electron chi connectivity index (χ3n) is 3.73. The van der Waals surface area contributed by atoms with E-state index in [4.69, 9.17) is 5.11 Å². The Labute approximate surface area is 130 Å². The number of aliphatic carboxylic acids is 1. The van der Waals surface area contributed by atoms with E-state index >= 15 is 0 Å². The third-order valence-corrected chi connectivity index (χ3v) is 3.73. The number of benzene rings is 1. The molecule has 6 heteroatoms. The predicted octanol–water partition coefficient (Wildman–Crippen LogP) is 2.14. The van der Waals surface area contributed by atoms with Gasteiger partial charge in [-0.15, -0.1) is 0 Å². The Hall–Kier alpha value is -1.95. The predicted molar refractivity (Wildman–Crippen MR) is 81.9 cm³/mol. The van der Waals surface area contributed by atoms with Gasteiger partial charge in [-0.05, 0) is 38.5 Å². The number of carbonyl (C=O) groups excluding carboxylic acids is 1. The van der Waals surface area contributed by atoms with Gasteiger partial charge in [0.2, 0.25) is 5.91 Å². The molecule has 0 saturated heterocycles. The van der Waals surface area contributed by atoms with Crippen molar-refractivity contribution in [2.24, 2.45) is 0 Å². The van der Waals surface area contributed by atoms with Crippen molar-refractivity contribution >= 4 is 11.9 Å². The van der Waals surface area contributed by atoms with E-state index in [9.17, 15) is 14.0 Å². The number of hydrogen-bond donors (Lipinski definition) is 1. The Morgan fingerprint density at radius 3 is 2.14 bits per heavy atom. The van der Waals surface area contributed by atoms with Crippen LogP contribution in [0.5, 0.6) is 0 Å². The summed E-state index contributed by atoms with van der Waals surface area (Å²) in [5.41, 5.74) is 0.826. The highest BCUT2D eigenvalue weighted by atomic mass is 19.1. The maximum atomic E-state index is 12.9. The van der Waals surface area contributed by atoms with Crippen LogP contribution in [0, 0.1) is 5.82 Å². The monoisotopic (exact) mass is 310 g/mol. The molecule has 0 fully saturated rings. The van der Waals surface area contributed by atoms with Gasteiger partial charge in [0, 0.05) is 13.1 Å².